The first-order valence-electron chi connectivity index (χ1n) is 7.72. The third-order valence-corrected chi connectivity index (χ3v) is 3.81. The third kappa shape index (κ3) is 5.78. The molecule has 1 atom stereocenters. The van der Waals surface area contributed by atoms with Crippen LogP contribution in [-0.4, -0.2) is 50.2 Å². The largest absolute Gasteiger partial charge is 0.399 e. The lowest BCUT2D eigenvalue weighted by Gasteiger charge is -2.20. The van der Waals surface area contributed by atoms with Crippen LogP contribution >= 0.6 is 0 Å². The average Bonchev–Trinajstić information content (AvgIpc) is 3.05. The van der Waals surface area contributed by atoms with Crippen molar-refractivity contribution in [2.24, 2.45) is 5.92 Å². The predicted octanol–water partition coefficient (Wildman–Crippen LogP) is 0.563. The van der Waals surface area contributed by atoms with E-state index in [9.17, 15) is 9.59 Å². The summed E-state index contributed by atoms with van der Waals surface area (Å²) in [4.78, 5) is 25.3. The van der Waals surface area contributed by atoms with Crippen molar-refractivity contribution in [2.75, 3.05) is 39.1 Å². The molecule has 1 aliphatic rings. The highest BCUT2D eigenvalue weighted by Gasteiger charge is 2.20. The van der Waals surface area contributed by atoms with Gasteiger partial charge in [-0.3, -0.25) is 4.79 Å². The molecule has 0 aliphatic carbocycles. The minimum atomic E-state index is -0.368. The summed E-state index contributed by atoms with van der Waals surface area (Å²) in [6.45, 7) is 2.49. The van der Waals surface area contributed by atoms with Crippen LogP contribution in [0.3, 0.4) is 0 Å². The van der Waals surface area contributed by atoms with Crippen LogP contribution in [0.1, 0.15) is 12.0 Å². The summed E-state index contributed by atoms with van der Waals surface area (Å²) in [6.07, 6.45) is 0.979. The number of hydrogen-bond acceptors (Lipinski definition) is 4. The Hall–Kier alpha value is -2.28. The number of rotatable bonds is 6. The van der Waals surface area contributed by atoms with Crippen LogP contribution in [0.5, 0.6) is 0 Å². The number of benzene rings is 1. The van der Waals surface area contributed by atoms with E-state index in [1.807, 2.05) is 12.1 Å². The van der Waals surface area contributed by atoms with Crippen molar-refractivity contribution < 1.29 is 14.3 Å². The van der Waals surface area contributed by atoms with Crippen LogP contribution in [0.4, 0.5) is 10.5 Å². The van der Waals surface area contributed by atoms with Crippen molar-refractivity contribution in [3.63, 3.8) is 0 Å². The van der Waals surface area contributed by atoms with Crippen molar-refractivity contribution in [1.29, 1.82) is 0 Å². The van der Waals surface area contributed by atoms with Gasteiger partial charge >= 0.3 is 6.03 Å². The molecule has 1 fully saturated rings. The van der Waals surface area contributed by atoms with Gasteiger partial charge in [-0.25, -0.2) is 4.79 Å². The molecule has 7 nitrogen and oxygen atoms in total. The molecular weight excluding hydrogens is 296 g/mol. The van der Waals surface area contributed by atoms with Gasteiger partial charge in [0.05, 0.1) is 13.2 Å². The first-order chi connectivity index (χ1) is 11.0. The van der Waals surface area contributed by atoms with Gasteiger partial charge < -0.3 is 26.0 Å². The number of nitrogens with two attached hydrogens (primary N) is 1. The molecule has 0 aromatic heterocycles. The molecule has 1 heterocycles. The fourth-order valence-corrected chi connectivity index (χ4v) is 2.39. The number of urea groups is 1. The first-order valence-corrected chi connectivity index (χ1v) is 7.72. The number of nitrogens with one attached hydrogen (secondary N) is 2. The molecule has 0 radical (unpaired) electrons. The highest BCUT2D eigenvalue weighted by Crippen LogP contribution is 2.13. The first kappa shape index (κ1) is 17.1. The van der Waals surface area contributed by atoms with Gasteiger partial charge in [0.2, 0.25) is 5.91 Å². The zero-order chi connectivity index (χ0) is 16.7. The van der Waals surface area contributed by atoms with Gasteiger partial charge in [-0.05, 0) is 24.1 Å². The highest BCUT2D eigenvalue weighted by atomic mass is 16.5. The molecular formula is C16H24N4O3. The molecule has 126 valence electrons. The van der Waals surface area contributed by atoms with Crippen molar-refractivity contribution in [3.05, 3.63) is 29.8 Å². The summed E-state index contributed by atoms with van der Waals surface area (Å²) < 4.78 is 5.29. The molecule has 1 unspecified atom stereocenters. The Kier molecular flexibility index (Phi) is 6.22. The summed E-state index contributed by atoms with van der Waals surface area (Å²) in [5.41, 5.74) is 7.22. The normalized spacial score (nSPS) is 16.8. The summed E-state index contributed by atoms with van der Waals surface area (Å²) in [5.74, 6) is 0.280. The Morgan fingerprint density at radius 1 is 1.30 bits per heavy atom. The molecule has 7 heteroatoms. The van der Waals surface area contributed by atoms with E-state index in [1.54, 1.807) is 24.1 Å². The molecule has 1 aromatic rings. The lowest BCUT2D eigenvalue weighted by Crippen LogP contribution is -2.43. The second-order valence-corrected chi connectivity index (χ2v) is 5.78. The van der Waals surface area contributed by atoms with Crippen LogP contribution in [0.15, 0.2) is 24.3 Å². The molecule has 1 saturated heterocycles. The van der Waals surface area contributed by atoms with E-state index < -0.39 is 0 Å². The maximum atomic E-state index is 12.0. The van der Waals surface area contributed by atoms with E-state index in [2.05, 4.69) is 10.6 Å². The number of anilines is 1. The Morgan fingerprint density at radius 3 is 2.70 bits per heavy atom. The molecule has 3 amide bonds. The predicted molar refractivity (Wildman–Crippen MR) is 87.7 cm³/mol. The molecule has 0 spiro atoms. The van der Waals surface area contributed by atoms with Crippen LogP contribution in [-0.2, 0) is 16.1 Å². The molecule has 0 bridgehead atoms. The fraction of sp³-hybridized carbons (Fsp3) is 0.500. The molecule has 2 rings (SSSR count). The monoisotopic (exact) mass is 320 g/mol. The fourth-order valence-electron chi connectivity index (χ4n) is 2.39. The maximum absolute atomic E-state index is 12.0. The smallest absolute Gasteiger partial charge is 0.315 e. The van der Waals surface area contributed by atoms with Gasteiger partial charge in [0.1, 0.15) is 0 Å². The Labute approximate surface area is 136 Å². The number of carbonyl (C=O) groups is 2. The van der Waals surface area contributed by atoms with Crippen molar-refractivity contribution in [1.82, 2.24) is 15.5 Å². The van der Waals surface area contributed by atoms with E-state index in [4.69, 9.17) is 10.5 Å². The van der Waals surface area contributed by atoms with Gasteiger partial charge in [-0.15, -0.1) is 0 Å². The Bertz CT molecular complexity index is 527. The number of carbonyl (C=O) groups excluding carboxylic acids is 2. The van der Waals surface area contributed by atoms with Gasteiger partial charge in [-0.1, -0.05) is 12.1 Å². The summed E-state index contributed by atoms with van der Waals surface area (Å²) in [6, 6.07) is 6.88. The number of nitrogens with zero attached hydrogens (tertiary/aromatic N) is 1. The highest BCUT2D eigenvalue weighted by molar-refractivity contribution is 5.83. The number of amides is 3. The average molecular weight is 320 g/mol. The number of hydrogen-bond donors (Lipinski definition) is 3. The van der Waals surface area contributed by atoms with Crippen molar-refractivity contribution in [2.45, 2.75) is 13.0 Å². The van der Waals surface area contributed by atoms with Crippen molar-refractivity contribution >= 4 is 17.6 Å². The van der Waals surface area contributed by atoms with Crippen LogP contribution in [0.25, 0.3) is 0 Å². The standard InChI is InChI=1S/C16H24N4O3/c1-20(10-13-6-7-23-11-13)15(21)9-19-16(22)18-8-12-2-4-14(17)5-3-12/h2-5,13H,6-11,17H2,1H3,(H2,18,19,22). The van der Waals surface area contributed by atoms with E-state index in [1.165, 1.54) is 0 Å². The zero-order valence-corrected chi connectivity index (χ0v) is 13.4. The Morgan fingerprint density at radius 2 is 2.04 bits per heavy atom. The topological polar surface area (TPSA) is 96.7 Å². The number of ether oxygens (including phenoxy) is 1. The Balaban J connectivity index is 1.64. The van der Waals surface area contributed by atoms with E-state index >= 15 is 0 Å². The summed E-state index contributed by atoms with van der Waals surface area (Å²) in [5, 5.41) is 5.28. The number of nitrogen functional groups attached to an aromatic ring is 1. The second kappa shape index (κ2) is 8.38. The second-order valence-electron chi connectivity index (χ2n) is 5.78. The van der Waals surface area contributed by atoms with E-state index in [0.29, 0.717) is 31.3 Å². The summed E-state index contributed by atoms with van der Waals surface area (Å²) in [7, 11) is 1.74. The minimum absolute atomic E-state index is 0.0162. The lowest BCUT2D eigenvalue weighted by atomic mass is 10.1. The van der Waals surface area contributed by atoms with E-state index in [0.717, 1.165) is 18.6 Å². The molecule has 0 saturated carbocycles. The minimum Gasteiger partial charge on any atom is -0.399 e. The van der Waals surface area contributed by atoms with Gasteiger partial charge in [0.15, 0.2) is 0 Å². The third-order valence-electron chi connectivity index (χ3n) is 3.81. The van der Waals surface area contributed by atoms with Gasteiger partial charge in [0.25, 0.3) is 0 Å². The quantitative estimate of drug-likeness (QED) is 0.667. The zero-order valence-electron chi connectivity index (χ0n) is 13.4. The van der Waals surface area contributed by atoms with Crippen LogP contribution in [0.2, 0.25) is 0 Å². The van der Waals surface area contributed by atoms with Crippen LogP contribution < -0.4 is 16.4 Å². The van der Waals surface area contributed by atoms with Crippen LogP contribution in [0, 0.1) is 5.92 Å². The number of likely N-dealkylation sites (N-methyl/N-ethyl adjacent to an activating group) is 1. The lowest BCUT2D eigenvalue weighted by molar-refractivity contribution is -0.129. The SMILES string of the molecule is CN(CC1CCOC1)C(=O)CNC(=O)NCc1ccc(N)cc1. The summed E-state index contributed by atoms with van der Waals surface area (Å²) >= 11 is 0. The molecule has 4 N–H and O–H groups in total. The van der Waals surface area contributed by atoms with Gasteiger partial charge in [0, 0.05) is 38.3 Å². The molecule has 1 aliphatic heterocycles. The maximum Gasteiger partial charge on any atom is 0.315 e. The molecule has 23 heavy (non-hydrogen) atoms. The van der Waals surface area contributed by atoms with Crippen molar-refractivity contribution in [3.8, 4) is 0 Å². The molecule has 1 aromatic carbocycles. The van der Waals surface area contributed by atoms with E-state index in [-0.39, 0.29) is 18.5 Å². The van der Waals surface area contributed by atoms with Gasteiger partial charge in [-0.2, -0.15) is 0 Å².